The maximum Gasteiger partial charge on any atom is 0.185 e. The number of nitrogens with zero attached hydrogens (tertiary/aromatic N) is 1. The zero-order valence-corrected chi connectivity index (χ0v) is 10.3. The van der Waals surface area contributed by atoms with Crippen LogP contribution in [-0.4, -0.2) is 54.7 Å². The van der Waals surface area contributed by atoms with E-state index in [1.807, 2.05) is 39.8 Å². The molecule has 0 saturated carbocycles. The minimum Gasteiger partial charge on any atom is -0.386 e. The molecule has 0 aromatic heterocycles. The van der Waals surface area contributed by atoms with Gasteiger partial charge in [-0.25, -0.2) is 0 Å². The van der Waals surface area contributed by atoms with Gasteiger partial charge in [0.15, 0.2) is 6.29 Å². The molecule has 1 rings (SSSR count). The van der Waals surface area contributed by atoms with Crippen LogP contribution >= 0.6 is 0 Å². The van der Waals surface area contributed by atoms with E-state index in [1.54, 1.807) is 0 Å². The Morgan fingerprint density at radius 3 is 2.47 bits per heavy atom. The fraction of sp³-hybridized carbons (Fsp3) is 1.00. The van der Waals surface area contributed by atoms with Gasteiger partial charge in [0.25, 0.3) is 0 Å². The molecule has 15 heavy (non-hydrogen) atoms. The lowest BCUT2D eigenvalue weighted by atomic mass is 9.99. The van der Waals surface area contributed by atoms with Crippen molar-refractivity contribution in [2.24, 2.45) is 0 Å². The average Bonchev–Trinajstić information content (AvgIpc) is 2.09. The molecule has 1 N–H and O–H groups in total. The molecule has 1 saturated heterocycles. The van der Waals surface area contributed by atoms with Crippen molar-refractivity contribution in [2.75, 3.05) is 14.1 Å². The van der Waals surface area contributed by atoms with Crippen LogP contribution in [0, 0.1) is 0 Å². The first-order chi connectivity index (χ1) is 6.91. The first-order valence-electron chi connectivity index (χ1n) is 5.57. The van der Waals surface area contributed by atoms with Gasteiger partial charge in [0.05, 0.1) is 12.2 Å². The largest absolute Gasteiger partial charge is 0.386 e. The number of rotatable bonds is 3. The van der Waals surface area contributed by atoms with E-state index in [0.29, 0.717) is 0 Å². The van der Waals surface area contributed by atoms with Crippen molar-refractivity contribution in [3.05, 3.63) is 0 Å². The first kappa shape index (κ1) is 12.9. The van der Waals surface area contributed by atoms with Gasteiger partial charge in [-0.2, -0.15) is 0 Å². The highest BCUT2D eigenvalue weighted by atomic mass is 16.7. The molecule has 0 aliphatic carbocycles. The summed E-state index contributed by atoms with van der Waals surface area (Å²) in [6, 6.07) is 0.109. The molecule has 0 bridgehead atoms. The Morgan fingerprint density at radius 2 is 2.00 bits per heavy atom. The van der Waals surface area contributed by atoms with Crippen molar-refractivity contribution in [1.82, 2.24) is 4.90 Å². The van der Waals surface area contributed by atoms with Crippen LogP contribution in [0.25, 0.3) is 0 Å². The van der Waals surface area contributed by atoms with Crippen LogP contribution in [0.15, 0.2) is 0 Å². The van der Waals surface area contributed by atoms with E-state index < -0.39 is 12.4 Å². The summed E-state index contributed by atoms with van der Waals surface area (Å²) in [5.41, 5.74) is 0. The minimum absolute atomic E-state index is 0.0674. The lowest BCUT2D eigenvalue weighted by molar-refractivity contribution is -0.263. The summed E-state index contributed by atoms with van der Waals surface area (Å²) in [5.74, 6) is 0. The Balaban J connectivity index is 2.63. The molecule has 0 aromatic rings. The lowest BCUT2D eigenvalue weighted by Crippen LogP contribution is -2.54. The molecule has 4 heteroatoms. The molecule has 1 fully saturated rings. The molecule has 0 amide bonds. The number of ether oxygens (including phenoxy) is 2. The Labute approximate surface area is 92.2 Å². The number of hydrogen-bond acceptors (Lipinski definition) is 4. The molecule has 0 spiro atoms. The Kier molecular flexibility index (Phi) is 4.52. The number of hydrogen-bond donors (Lipinski definition) is 1. The van der Waals surface area contributed by atoms with E-state index in [-0.39, 0.29) is 18.2 Å². The van der Waals surface area contributed by atoms with Crippen LogP contribution in [0.5, 0.6) is 0 Å². The quantitative estimate of drug-likeness (QED) is 0.760. The van der Waals surface area contributed by atoms with E-state index >= 15 is 0 Å². The van der Waals surface area contributed by atoms with Gasteiger partial charge >= 0.3 is 0 Å². The van der Waals surface area contributed by atoms with Gasteiger partial charge in [-0.1, -0.05) is 0 Å². The molecule has 0 unspecified atom stereocenters. The average molecular weight is 217 g/mol. The SMILES string of the molecule is CC(C)O[C@@H]1O[C@H](C)C[C@H](N(C)C)[C@H]1O. The monoisotopic (exact) mass is 217 g/mol. The summed E-state index contributed by atoms with van der Waals surface area (Å²) >= 11 is 0. The van der Waals surface area contributed by atoms with E-state index in [4.69, 9.17) is 9.47 Å². The molecule has 1 heterocycles. The second-order valence-corrected chi connectivity index (χ2v) is 4.76. The van der Waals surface area contributed by atoms with E-state index in [1.165, 1.54) is 0 Å². The highest BCUT2D eigenvalue weighted by Gasteiger charge is 2.38. The van der Waals surface area contributed by atoms with E-state index in [9.17, 15) is 5.11 Å². The summed E-state index contributed by atoms with van der Waals surface area (Å²) in [6.45, 7) is 5.90. The van der Waals surface area contributed by atoms with Crippen molar-refractivity contribution in [3.63, 3.8) is 0 Å². The van der Waals surface area contributed by atoms with Gasteiger partial charge in [0.1, 0.15) is 6.10 Å². The number of aliphatic hydroxyl groups excluding tert-OH is 1. The van der Waals surface area contributed by atoms with Crippen molar-refractivity contribution in [1.29, 1.82) is 0 Å². The third kappa shape index (κ3) is 3.41. The van der Waals surface area contributed by atoms with Crippen LogP contribution in [0.4, 0.5) is 0 Å². The highest BCUT2D eigenvalue weighted by molar-refractivity contribution is 4.85. The molecular weight excluding hydrogens is 194 g/mol. The molecule has 90 valence electrons. The van der Waals surface area contributed by atoms with E-state index in [0.717, 1.165) is 6.42 Å². The Morgan fingerprint density at radius 1 is 1.40 bits per heavy atom. The Bertz CT molecular complexity index is 194. The summed E-state index contributed by atoms with van der Waals surface area (Å²) in [7, 11) is 3.94. The second-order valence-electron chi connectivity index (χ2n) is 4.76. The first-order valence-corrected chi connectivity index (χ1v) is 5.57. The predicted octanol–water partition coefficient (Wildman–Crippen LogP) is 0.837. The smallest absolute Gasteiger partial charge is 0.185 e. The van der Waals surface area contributed by atoms with Crippen molar-refractivity contribution in [3.8, 4) is 0 Å². The number of likely N-dealkylation sites (N-methyl/N-ethyl adjacent to an activating group) is 1. The van der Waals surface area contributed by atoms with Gasteiger partial charge in [-0.05, 0) is 41.3 Å². The van der Waals surface area contributed by atoms with Crippen LogP contribution < -0.4 is 0 Å². The number of aliphatic hydroxyl groups is 1. The molecule has 0 radical (unpaired) electrons. The van der Waals surface area contributed by atoms with Crippen molar-refractivity contribution < 1.29 is 14.6 Å². The molecule has 1 aliphatic heterocycles. The van der Waals surface area contributed by atoms with Gasteiger partial charge in [-0.3, -0.25) is 0 Å². The molecule has 1 aliphatic rings. The maximum absolute atomic E-state index is 10.1. The normalized spacial score (nSPS) is 37.6. The van der Waals surface area contributed by atoms with Crippen molar-refractivity contribution in [2.45, 2.75) is 57.8 Å². The third-order valence-corrected chi connectivity index (χ3v) is 2.68. The lowest BCUT2D eigenvalue weighted by Gasteiger charge is -2.41. The summed E-state index contributed by atoms with van der Waals surface area (Å²) in [4.78, 5) is 2.03. The standard InChI is InChI=1S/C11H23NO3/c1-7(2)14-11-10(13)9(12(4)5)6-8(3)15-11/h7-11,13H,6H2,1-5H3/t8-,9+,10-,11-/m1/s1. The highest BCUT2D eigenvalue weighted by Crippen LogP contribution is 2.24. The van der Waals surface area contributed by atoms with Crippen LogP contribution in [0.1, 0.15) is 27.2 Å². The van der Waals surface area contributed by atoms with Gasteiger partial charge in [0.2, 0.25) is 0 Å². The predicted molar refractivity (Wildman–Crippen MR) is 58.7 cm³/mol. The molecular formula is C11H23NO3. The summed E-state index contributed by atoms with van der Waals surface area (Å²) < 4.78 is 11.1. The minimum atomic E-state index is -0.571. The molecule has 4 atom stereocenters. The Hall–Kier alpha value is -0.160. The molecule has 0 aromatic carbocycles. The molecule has 4 nitrogen and oxygen atoms in total. The van der Waals surface area contributed by atoms with E-state index in [2.05, 4.69) is 0 Å². The van der Waals surface area contributed by atoms with Gasteiger partial charge in [0, 0.05) is 6.04 Å². The fourth-order valence-electron chi connectivity index (χ4n) is 1.92. The van der Waals surface area contributed by atoms with Crippen molar-refractivity contribution >= 4 is 0 Å². The van der Waals surface area contributed by atoms with Gasteiger partial charge < -0.3 is 19.5 Å². The summed E-state index contributed by atoms with van der Waals surface area (Å²) in [5, 5.41) is 10.1. The maximum atomic E-state index is 10.1. The zero-order chi connectivity index (χ0) is 11.6. The van der Waals surface area contributed by atoms with Crippen LogP contribution in [0.2, 0.25) is 0 Å². The van der Waals surface area contributed by atoms with Crippen LogP contribution in [-0.2, 0) is 9.47 Å². The van der Waals surface area contributed by atoms with Crippen LogP contribution in [0.3, 0.4) is 0 Å². The fourth-order valence-corrected chi connectivity index (χ4v) is 1.92. The second kappa shape index (κ2) is 5.25. The summed E-state index contributed by atoms with van der Waals surface area (Å²) in [6.07, 6.45) is -0.0337. The van der Waals surface area contributed by atoms with Gasteiger partial charge in [-0.15, -0.1) is 0 Å². The topological polar surface area (TPSA) is 41.9 Å². The zero-order valence-electron chi connectivity index (χ0n) is 10.3. The third-order valence-electron chi connectivity index (χ3n) is 2.68.